The SMILES string of the molecule is Cc1nc(-c2nccn2C)cc(C2CCN(c3ccccn3)CC2)n1. The molecule has 0 bridgehead atoms. The molecule has 128 valence electrons. The first-order valence-corrected chi connectivity index (χ1v) is 8.70. The molecule has 6 nitrogen and oxygen atoms in total. The van der Waals surface area contributed by atoms with Gasteiger partial charge in [0.25, 0.3) is 0 Å². The molecule has 0 atom stereocenters. The Balaban J connectivity index is 1.53. The lowest BCUT2D eigenvalue weighted by Gasteiger charge is -2.32. The second-order valence-electron chi connectivity index (χ2n) is 6.54. The summed E-state index contributed by atoms with van der Waals surface area (Å²) >= 11 is 0. The van der Waals surface area contributed by atoms with Gasteiger partial charge in [-0.05, 0) is 38.0 Å². The topological polar surface area (TPSA) is 59.7 Å². The minimum absolute atomic E-state index is 0.459. The highest BCUT2D eigenvalue weighted by Gasteiger charge is 2.23. The number of anilines is 1. The Morgan fingerprint density at radius 1 is 1.04 bits per heavy atom. The van der Waals surface area contributed by atoms with Gasteiger partial charge in [-0.3, -0.25) is 0 Å². The number of rotatable bonds is 3. The van der Waals surface area contributed by atoms with Crippen LogP contribution in [0.2, 0.25) is 0 Å². The summed E-state index contributed by atoms with van der Waals surface area (Å²) in [5.74, 6) is 3.22. The Bertz CT molecular complexity index is 849. The van der Waals surface area contributed by atoms with Crippen LogP contribution >= 0.6 is 0 Å². The zero-order valence-corrected chi connectivity index (χ0v) is 14.6. The summed E-state index contributed by atoms with van der Waals surface area (Å²) in [7, 11) is 1.99. The summed E-state index contributed by atoms with van der Waals surface area (Å²) in [6.07, 6.45) is 7.75. The van der Waals surface area contributed by atoms with Crippen molar-refractivity contribution in [1.82, 2.24) is 24.5 Å². The van der Waals surface area contributed by atoms with Crippen molar-refractivity contribution in [3.05, 3.63) is 54.4 Å². The molecule has 6 heteroatoms. The van der Waals surface area contributed by atoms with Crippen molar-refractivity contribution >= 4 is 5.82 Å². The Kier molecular flexibility index (Phi) is 4.17. The predicted octanol–water partition coefficient (Wildman–Crippen LogP) is 2.96. The molecule has 3 aromatic rings. The maximum absolute atomic E-state index is 4.71. The minimum atomic E-state index is 0.459. The lowest BCUT2D eigenvalue weighted by Crippen LogP contribution is -2.33. The fourth-order valence-electron chi connectivity index (χ4n) is 3.47. The maximum atomic E-state index is 4.71. The number of nitrogens with zero attached hydrogens (tertiary/aromatic N) is 6. The second kappa shape index (κ2) is 6.63. The van der Waals surface area contributed by atoms with E-state index in [1.165, 1.54) is 0 Å². The monoisotopic (exact) mass is 334 g/mol. The molecule has 0 radical (unpaired) electrons. The van der Waals surface area contributed by atoms with E-state index < -0.39 is 0 Å². The van der Waals surface area contributed by atoms with E-state index >= 15 is 0 Å². The predicted molar refractivity (Wildman–Crippen MR) is 97.4 cm³/mol. The van der Waals surface area contributed by atoms with Gasteiger partial charge in [-0.2, -0.15) is 0 Å². The van der Waals surface area contributed by atoms with Gasteiger partial charge in [0.1, 0.15) is 17.3 Å². The normalized spacial score (nSPS) is 15.5. The van der Waals surface area contributed by atoms with Gasteiger partial charge in [0, 0.05) is 50.3 Å². The van der Waals surface area contributed by atoms with Crippen LogP contribution in [0.1, 0.15) is 30.3 Å². The lowest BCUT2D eigenvalue weighted by atomic mass is 9.92. The van der Waals surface area contributed by atoms with Crippen LogP contribution in [-0.2, 0) is 7.05 Å². The number of piperidine rings is 1. The standard InChI is InChI=1S/C19H22N6/c1-14-22-16(13-17(23-14)19-21-9-12-24(19)2)15-6-10-25(11-7-15)18-5-3-4-8-20-18/h3-5,8-9,12-13,15H,6-7,10-11H2,1-2H3. The fraction of sp³-hybridized carbons (Fsp3) is 0.368. The molecule has 0 spiro atoms. The van der Waals surface area contributed by atoms with Crippen molar-refractivity contribution in [3.63, 3.8) is 0 Å². The first kappa shape index (κ1) is 15.7. The number of pyridine rings is 1. The zero-order chi connectivity index (χ0) is 17.2. The van der Waals surface area contributed by atoms with E-state index in [0.717, 1.165) is 54.8 Å². The number of imidazole rings is 1. The van der Waals surface area contributed by atoms with Crippen LogP contribution in [0.4, 0.5) is 5.82 Å². The van der Waals surface area contributed by atoms with E-state index in [4.69, 9.17) is 4.98 Å². The van der Waals surface area contributed by atoms with E-state index in [1.807, 2.05) is 43.1 Å². The third kappa shape index (κ3) is 3.24. The first-order valence-electron chi connectivity index (χ1n) is 8.70. The molecule has 4 heterocycles. The molecule has 0 aromatic carbocycles. The average Bonchev–Trinajstić information content (AvgIpc) is 3.08. The smallest absolute Gasteiger partial charge is 0.158 e. The quantitative estimate of drug-likeness (QED) is 0.737. The summed E-state index contributed by atoms with van der Waals surface area (Å²) in [6, 6.07) is 8.19. The number of hydrogen-bond acceptors (Lipinski definition) is 5. The van der Waals surface area contributed by atoms with Crippen molar-refractivity contribution < 1.29 is 0 Å². The second-order valence-corrected chi connectivity index (χ2v) is 6.54. The van der Waals surface area contributed by atoms with Crippen molar-refractivity contribution in [2.45, 2.75) is 25.7 Å². The van der Waals surface area contributed by atoms with Crippen molar-refractivity contribution in [1.29, 1.82) is 0 Å². The molecule has 0 unspecified atom stereocenters. The summed E-state index contributed by atoms with van der Waals surface area (Å²) in [4.78, 5) is 20.5. The molecule has 0 saturated carbocycles. The van der Waals surface area contributed by atoms with E-state index in [-0.39, 0.29) is 0 Å². The van der Waals surface area contributed by atoms with Crippen LogP contribution in [0, 0.1) is 6.92 Å². The molecule has 4 rings (SSSR count). The molecule has 0 amide bonds. The first-order chi connectivity index (χ1) is 12.2. The highest BCUT2D eigenvalue weighted by molar-refractivity contribution is 5.50. The van der Waals surface area contributed by atoms with Crippen LogP contribution in [0.5, 0.6) is 0 Å². The molecule has 3 aromatic heterocycles. The van der Waals surface area contributed by atoms with Crippen molar-refractivity contribution in [3.8, 4) is 11.5 Å². The number of hydrogen-bond donors (Lipinski definition) is 0. The van der Waals surface area contributed by atoms with E-state index in [2.05, 4.69) is 32.0 Å². The van der Waals surface area contributed by atoms with E-state index in [1.54, 1.807) is 6.20 Å². The largest absolute Gasteiger partial charge is 0.357 e. The average molecular weight is 334 g/mol. The van der Waals surface area contributed by atoms with Crippen LogP contribution in [0.15, 0.2) is 42.9 Å². The summed E-state index contributed by atoms with van der Waals surface area (Å²) < 4.78 is 2.00. The van der Waals surface area contributed by atoms with Crippen molar-refractivity contribution in [2.75, 3.05) is 18.0 Å². The fourth-order valence-corrected chi connectivity index (χ4v) is 3.47. The van der Waals surface area contributed by atoms with Crippen LogP contribution < -0.4 is 4.90 Å². The molecule has 0 N–H and O–H groups in total. The van der Waals surface area contributed by atoms with Gasteiger partial charge >= 0.3 is 0 Å². The Labute approximate surface area is 147 Å². The number of aryl methyl sites for hydroxylation is 2. The molecule has 0 aliphatic carbocycles. The highest BCUT2D eigenvalue weighted by Crippen LogP contribution is 2.30. The molecular formula is C19H22N6. The Morgan fingerprint density at radius 3 is 2.56 bits per heavy atom. The van der Waals surface area contributed by atoms with Crippen LogP contribution in [0.25, 0.3) is 11.5 Å². The van der Waals surface area contributed by atoms with Gasteiger partial charge in [-0.1, -0.05) is 6.07 Å². The third-order valence-corrected chi connectivity index (χ3v) is 4.79. The van der Waals surface area contributed by atoms with Gasteiger partial charge in [-0.25, -0.2) is 19.9 Å². The third-order valence-electron chi connectivity index (χ3n) is 4.79. The Morgan fingerprint density at radius 2 is 1.88 bits per heavy atom. The van der Waals surface area contributed by atoms with Crippen LogP contribution in [-0.4, -0.2) is 37.6 Å². The molecule has 1 saturated heterocycles. The highest BCUT2D eigenvalue weighted by atomic mass is 15.2. The molecule has 1 aliphatic heterocycles. The maximum Gasteiger partial charge on any atom is 0.158 e. The van der Waals surface area contributed by atoms with E-state index in [9.17, 15) is 0 Å². The zero-order valence-electron chi connectivity index (χ0n) is 14.6. The van der Waals surface area contributed by atoms with Gasteiger partial charge in [0.2, 0.25) is 0 Å². The lowest BCUT2D eigenvalue weighted by molar-refractivity contribution is 0.492. The molecule has 1 aliphatic rings. The summed E-state index contributed by atoms with van der Waals surface area (Å²) in [5.41, 5.74) is 2.04. The Hall–Kier alpha value is -2.76. The van der Waals surface area contributed by atoms with Gasteiger partial charge in [0.05, 0.1) is 0 Å². The van der Waals surface area contributed by atoms with Crippen molar-refractivity contribution in [2.24, 2.45) is 7.05 Å². The number of aromatic nitrogens is 5. The van der Waals surface area contributed by atoms with Crippen LogP contribution in [0.3, 0.4) is 0 Å². The summed E-state index contributed by atoms with van der Waals surface area (Å²) in [6.45, 7) is 3.96. The molecule has 1 fully saturated rings. The van der Waals surface area contributed by atoms with Gasteiger partial charge in [0.15, 0.2) is 5.82 Å². The summed E-state index contributed by atoms with van der Waals surface area (Å²) in [5, 5.41) is 0. The van der Waals surface area contributed by atoms with Gasteiger partial charge in [-0.15, -0.1) is 0 Å². The van der Waals surface area contributed by atoms with Gasteiger partial charge < -0.3 is 9.47 Å². The molecular weight excluding hydrogens is 312 g/mol. The minimum Gasteiger partial charge on any atom is -0.357 e. The van der Waals surface area contributed by atoms with E-state index in [0.29, 0.717) is 5.92 Å². The molecule has 25 heavy (non-hydrogen) atoms.